The van der Waals surface area contributed by atoms with Crippen molar-refractivity contribution in [2.75, 3.05) is 62.5 Å². The molecule has 2 aliphatic rings. The van der Waals surface area contributed by atoms with Crippen LogP contribution in [-0.4, -0.2) is 73.2 Å². The molecule has 0 aliphatic carbocycles. The van der Waals surface area contributed by atoms with E-state index in [1.807, 2.05) is 30.0 Å². The van der Waals surface area contributed by atoms with E-state index in [2.05, 4.69) is 28.0 Å². The van der Waals surface area contributed by atoms with Crippen molar-refractivity contribution in [2.45, 2.75) is 30.9 Å². The molecule has 0 amide bonds. The quantitative estimate of drug-likeness (QED) is 0.181. The highest BCUT2D eigenvalue weighted by Gasteiger charge is 2.22. The van der Waals surface area contributed by atoms with Crippen LogP contribution in [0.25, 0.3) is 10.9 Å². The molecule has 2 aromatic carbocycles. The van der Waals surface area contributed by atoms with Crippen molar-refractivity contribution in [3.8, 4) is 5.75 Å². The second-order valence-corrected chi connectivity index (χ2v) is 11.1. The molecule has 0 atom stereocenters. The van der Waals surface area contributed by atoms with Crippen LogP contribution in [0.3, 0.4) is 0 Å². The van der Waals surface area contributed by atoms with Gasteiger partial charge in [-0.15, -0.1) is 23.4 Å². The number of hydrogen-bond acceptors (Lipinski definition) is 8. The molecule has 0 saturated carbocycles. The number of hydrogen-bond donors (Lipinski definition) is 0. The van der Waals surface area contributed by atoms with Gasteiger partial charge in [0.2, 0.25) is 0 Å². The van der Waals surface area contributed by atoms with Crippen LogP contribution in [0.5, 0.6) is 5.75 Å². The molecule has 0 bridgehead atoms. The van der Waals surface area contributed by atoms with Crippen LogP contribution in [0.4, 0.5) is 10.5 Å². The van der Waals surface area contributed by atoms with Gasteiger partial charge in [-0.1, -0.05) is 6.07 Å². The Morgan fingerprint density at radius 3 is 2.67 bits per heavy atom. The molecule has 39 heavy (non-hydrogen) atoms. The summed E-state index contributed by atoms with van der Waals surface area (Å²) < 4.78 is 17.3. The highest BCUT2D eigenvalue weighted by Crippen LogP contribution is 2.37. The zero-order valence-corrected chi connectivity index (χ0v) is 23.6. The summed E-state index contributed by atoms with van der Waals surface area (Å²) in [5, 5.41) is 0.845. The highest BCUT2D eigenvalue weighted by molar-refractivity contribution is 7.99. The van der Waals surface area contributed by atoms with E-state index >= 15 is 0 Å². The van der Waals surface area contributed by atoms with Gasteiger partial charge in [0.25, 0.3) is 5.56 Å². The third-order valence-corrected chi connectivity index (χ3v) is 8.40. The van der Waals surface area contributed by atoms with Crippen LogP contribution < -0.4 is 15.2 Å². The summed E-state index contributed by atoms with van der Waals surface area (Å²) in [4.78, 5) is 30.7. The molecule has 3 heterocycles. The van der Waals surface area contributed by atoms with E-state index in [4.69, 9.17) is 25.8 Å². The average Bonchev–Trinajstić information content (AvgIpc) is 3.45. The summed E-state index contributed by atoms with van der Waals surface area (Å²) >= 11 is 7.50. The van der Waals surface area contributed by atoms with Gasteiger partial charge in [0.05, 0.1) is 18.0 Å². The number of piperazine rings is 1. The maximum atomic E-state index is 12.4. The zero-order chi connectivity index (χ0) is 27.0. The summed E-state index contributed by atoms with van der Waals surface area (Å²) in [5.41, 5.74) is 3.33. The van der Waals surface area contributed by atoms with Crippen molar-refractivity contribution >= 4 is 46.1 Å². The maximum absolute atomic E-state index is 12.4. The Bertz CT molecular complexity index is 1340. The number of rotatable bonds is 11. The van der Waals surface area contributed by atoms with Crippen LogP contribution >= 0.6 is 23.4 Å². The number of unbranched alkanes of at least 4 members (excludes halogenated alkanes) is 1. The van der Waals surface area contributed by atoms with Crippen molar-refractivity contribution in [2.24, 2.45) is 0 Å². The summed E-state index contributed by atoms with van der Waals surface area (Å²) in [7, 11) is 0. The van der Waals surface area contributed by atoms with E-state index in [0.29, 0.717) is 17.9 Å². The second-order valence-electron chi connectivity index (χ2n) is 9.62. The minimum Gasteiger partial charge on any atom is -0.494 e. The van der Waals surface area contributed by atoms with Gasteiger partial charge >= 0.3 is 6.16 Å². The summed E-state index contributed by atoms with van der Waals surface area (Å²) in [6.45, 7) is 5.77. The van der Waals surface area contributed by atoms with Gasteiger partial charge in [0.1, 0.15) is 12.4 Å². The number of benzene rings is 2. The number of pyridine rings is 1. The molecule has 208 valence electrons. The Morgan fingerprint density at radius 2 is 1.82 bits per heavy atom. The summed E-state index contributed by atoms with van der Waals surface area (Å²) in [5.74, 6) is 2.05. The Labute approximate surface area is 237 Å². The molecule has 0 spiro atoms. The number of carbonyl (C=O) groups is 1. The maximum Gasteiger partial charge on any atom is 0.510 e. The van der Waals surface area contributed by atoms with Crippen molar-refractivity contribution in [1.82, 2.24) is 9.47 Å². The van der Waals surface area contributed by atoms with Gasteiger partial charge in [-0.2, -0.15) is 0 Å². The highest BCUT2D eigenvalue weighted by atomic mass is 35.5. The predicted octanol–water partition coefficient (Wildman–Crippen LogP) is 4.98. The number of thioether (sulfide) groups is 1. The lowest BCUT2D eigenvalue weighted by molar-refractivity contribution is 0.0377. The first kappa shape index (κ1) is 27.7. The lowest BCUT2D eigenvalue weighted by Gasteiger charge is -2.37. The van der Waals surface area contributed by atoms with Crippen molar-refractivity contribution in [1.29, 1.82) is 0 Å². The minimum atomic E-state index is -0.865. The van der Waals surface area contributed by atoms with Crippen LogP contribution in [0.1, 0.15) is 18.4 Å². The van der Waals surface area contributed by atoms with Crippen LogP contribution in [0, 0.1) is 0 Å². The summed E-state index contributed by atoms with van der Waals surface area (Å²) in [6.07, 6.45) is 2.33. The fourth-order valence-corrected chi connectivity index (χ4v) is 6.27. The Kier molecular flexibility index (Phi) is 9.55. The minimum absolute atomic E-state index is 0.0492. The van der Waals surface area contributed by atoms with Gasteiger partial charge in [-0.3, -0.25) is 14.3 Å². The number of fused-ring (bicyclic) bond motifs is 2. The molecule has 0 N–H and O–H groups in total. The second kappa shape index (κ2) is 13.5. The smallest absolute Gasteiger partial charge is 0.494 e. The van der Waals surface area contributed by atoms with Crippen LogP contribution in [0.2, 0.25) is 0 Å². The first-order valence-corrected chi connectivity index (χ1v) is 15.0. The number of alkyl halides is 1. The molecule has 1 aromatic heterocycles. The average molecular weight is 572 g/mol. The van der Waals surface area contributed by atoms with Crippen molar-refractivity contribution < 1.29 is 19.0 Å². The monoisotopic (exact) mass is 571 g/mol. The lowest BCUT2D eigenvalue weighted by atomic mass is 10.1. The molecule has 3 aromatic rings. The van der Waals surface area contributed by atoms with E-state index in [-0.39, 0.29) is 24.8 Å². The van der Waals surface area contributed by atoms with Gasteiger partial charge in [-0.25, -0.2) is 4.79 Å². The molecule has 0 radical (unpaired) electrons. The zero-order valence-electron chi connectivity index (χ0n) is 22.0. The van der Waals surface area contributed by atoms with Crippen molar-refractivity contribution in [3.05, 3.63) is 64.4 Å². The van der Waals surface area contributed by atoms with E-state index in [1.165, 1.54) is 39.0 Å². The molecular formula is C29H34ClN3O5S. The van der Waals surface area contributed by atoms with Crippen LogP contribution in [-0.2, 0) is 22.6 Å². The Hall–Kier alpha value is -2.88. The number of anilines is 1. The van der Waals surface area contributed by atoms with Gasteiger partial charge in [-0.05, 0) is 67.1 Å². The largest absolute Gasteiger partial charge is 0.510 e. The summed E-state index contributed by atoms with van der Waals surface area (Å²) in [6, 6.07) is 15.5. The SMILES string of the molecule is O=C(OCCCl)OCn1c(=O)ccc2ccc(OCCCCN3CCN(c4cccc5c4CCS5)CC3)cc21. The van der Waals surface area contributed by atoms with E-state index in [9.17, 15) is 9.59 Å². The molecular weight excluding hydrogens is 538 g/mol. The molecule has 5 rings (SSSR count). The number of halogens is 1. The number of ether oxygens (including phenoxy) is 3. The van der Waals surface area contributed by atoms with Crippen molar-refractivity contribution in [3.63, 3.8) is 0 Å². The van der Waals surface area contributed by atoms with Gasteiger partial charge in [0.15, 0.2) is 6.73 Å². The third kappa shape index (κ3) is 7.01. The number of nitrogens with zero attached hydrogens (tertiary/aromatic N) is 3. The predicted molar refractivity (Wildman–Crippen MR) is 156 cm³/mol. The standard InChI is InChI=1S/C29H34ClN3O5S/c30-11-18-37-29(35)38-21-33-26-20-23(8-6-22(26)7-9-28(33)34)36-17-2-1-12-31-13-15-32(16-14-31)25-4-3-5-27-24(25)10-19-39-27/h3-9,20H,1-2,10-19,21H2. The fourth-order valence-electron chi connectivity index (χ4n) is 5.11. The molecule has 1 fully saturated rings. The molecule has 2 aliphatic heterocycles. The molecule has 8 nitrogen and oxygen atoms in total. The van der Waals surface area contributed by atoms with Gasteiger partial charge < -0.3 is 19.1 Å². The van der Waals surface area contributed by atoms with E-state index < -0.39 is 6.16 Å². The molecule has 0 unspecified atom stereocenters. The first-order valence-electron chi connectivity index (χ1n) is 13.5. The Balaban J connectivity index is 1.07. The fraction of sp³-hybridized carbons (Fsp3) is 0.448. The first-order chi connectivity index (χ1) is 19.1. The number of carbonyl (C=O) groups excluding carboxylic acids is 1. The molecule has 10 heteroatoms. The topological polar surface area (TPSA) is 73.2 Å². The normalized spacial score (nSPS) is 15.4. The Morgan fingerprint density at radius 1 is 0.974 bits per heavy atom. The number of aromatic nitrogens is 1. The van der Waals surface area contributed by atoms with Gasteiger partial charge in [0, 0.05) is 54.6 Å². The van der Waals surface area contributed by atoms with Crippen LogP contribution in [0.15, 0.2) is 58.2 Å². The molecule has 1 saturated heterocycles. The van der Waals surface area contributed by atoms with E-state index in [0.717, 1.165) is 51.0 Å². The third-order valence-electron chi connectivity index (χ3n) is 7.14. The lowest BCUT2D eigenvalue weighted by Crippen LogP contribution is -2.47. The van der Waals surface area contributed by atoms with E-state index in [1.54, 1.807) is 6.07 Å².